The van der Waals surface area contributed by atoms with Crippen LogP contribution in [0.4, 0.5) is 5.95 Å². The van der Waals surface area contributed by atoms with Crippen molar-refractivity contribution in [2.24, 2.45) is 22.0 Å². The molecule has 0 spiro atoms. The average molecular weight is 523 g/mol. The quantitative estimate of drug-likeness (QED) is 0.208. The Hall–Kier alpha value is -4.08. The second-order valence-corrected chi connectivity index (χ2v) is 9.50. The van der Waals surface area contributed by atoms with E-state index < -0.39 is 0 Å². The van der Waals surface area contributed by atoms with Crippen molar-refractivity contribution < 1.29 is 18.9 Å². The number of nitrogens with one attached hydrogen (secondary N) is 1. The summed E-state index contributed by atoms with van der Waals surface area (Å²) < 4.78 is 24.1. The highest BCUT2D eigenvalue weighted by Gasteiger charge is 2.08. The fourth-order valence-corrected chi connectivity index (χ4v) is 3.26. The maximum atomic E-state index is 5.86. The van der Waals surface area contributed by atoms with Gasteiger partial charge in [0.2, 0.25) is 0 Å². The minimum absolute atomic E-state index is 0.360. The van der Waals surface area contributed by atoms with E-state index in [-0.39, 0.29) is 0 Å². The fraction of sp³-hybridized carbons (Fsp3) is 0.429. The summed E-state index contributed by atoms with van der Waals surface area (Å²) >= 11 is 0. The van der Waals surface area contributed by atoms with E-state index in [0.29, 0.717) is 54.0 Å². The Balaban J connectivity index is 1.61. The molecule has 3 aromatic rings. The normalized spacial score (nSPS) is 11.6. The third kappa shape index (κ3) is 8.79. The van der Waals surface area contributed by atoms with Gasteiger partial charge in [-0.25, -0.2) is 5.43 Å². The van der Waals surface area contributed by atoms with Gasteiger partial charge in [0.25, 0.3) is 5.95 Å². The lowest BCUT2D eigenvalue weighted by Crippen LogP contribution is -2.03. The van der Waals surface area contributed by atoms with Gasteiger partial charge in [-0.2, -0.15) is 14.9 Å². The fourth-order valence-electron chi connectivity index (χ4n) is 3.26. The summed E-state index contributed by atoms with van der Waals surface area (Å²) in [5.74, 6) is 4.22. The van der Waals surface area contributed by atoms with Crippen LogP contribution in [0, 0.1) is 11.8 Å². The van der Waals surface area contributed by atoms with Crippen LogP contribution in [-0.4, -0.2) is 54.7 Å². The molecule has 0 aliphatic carbocycles. The van der Waals surface area contributed by atoms with Crippen LogP contribution in [0.5, 0.6) is 23.0 Å². The standard InChI is InChI=1S/C28H38N6O4/c1-20(2)11-13-37-24-9-7-22(15-26(24)35-5)17-29-32-28-33-30-19-34(28)31-18-23-8-10-25(27(16-23)36-6)38-14-12-21(3)4/h7-10,15-21H,11-14H2,1-6H3,(H,32,33)/b29-17-,31-18-. The number of nitrogens with zero attached hydrogens (tertiary/aromatic N) is 5. The van der Waals surface area contributed by atoms with Gasteiger partial charge in [0.1, 0.15) is 6.33 Å². The summed E-state index contributed by atoms with van der Waals surface area (Å²) in [5.41, 5.74) is 4.54. The van der Waals surface area contributed by atoms with E-state index in [0.717, 1.165) is 24.0 Å². The van der Waals surface area contributed by atoms with Crippen molar-refractivity contribution in [3.63, 3.8) is 0 Å². The molecule has 2 aromatic carbocycles. The summed E-state index contributed by atoms with van der Waals surface area (Å²) in [6, 6.07) is 11.3. The van der Waals surface area contributed by atoms with Crippen LogP contribution < -0.4 is 24.4 Å². The van der Waals surface area contributed by atoms with Gasteiger partial charge in [-0.15, -0.1) is 10.2 Å². The first-order valence-electron chi connectivity index (χ1n) is 12.7. The second-order valence-electron chi connectivity index (χ2n) is 9.50. The van der Waals surface area contributed by atoms with Gasteiger partial charge < -0.3 is 18.9 Å². The van der Waals surface area contributed by atoms with Crippen LogP contribution >= 0.6 is 0 Å². The smallest absolute Gasteiger partial charge is 0.265 e. The van der Waals surface area contributed by atoms with Crippen molar-refractivity contribution in [1.29, 1.82) is 0 Å². The SMILES string of the molecule is COc1cc(/C=N\Nc2nncn2/N=C\c2ccc(OCCC(C)C)c(OC)c2)ccc1OCCC(C)C. The third-order valence-electron chi connectivity index (χ3n) is 5.52. The van der Waals surface area contributed by atoms with E-state index in [1.54, 1.807) is 26.6 Å². The highest BCUT2D eigenvalue weighted by molar-refractivity contribution is 5.82. The number of benzene rings is 2. The van der Waals surface area contributed by atoms with Gasteiger partial charge in [0, 0.05) is 0 Å². The van der Waals surface area contributed by atoms with Crippen LogP contribution in [0.3, 0.4) is 0 Å². The molecule has 1 N–H and O–H groups in total. The topological polar surface area (TPSA) is 104 Å². The molecule has 0 unspecified atom stereocenters. The first-order chi connectivity index (χ1) is 18.4. The van der Waals surface area contributed by atoms with E-state index >= 15 is 0 Å². The minimum Gasteiger partial charge on any atom is -0.493 e. The molecule has 0 saturated carbocycles. The minimum atomic E-state index is 0.360. The predicted molar refractivity (Wildman–Crippen MR) is 150 cm³/mol. The van der Waals surface area contributed by atoms with Crippen LogP contribution in [0.15, 0.2) is 52.9 Å². The van der Waals surface area contributed by atoms with Crippen molar-refractivity contribution >= 4 is 18.4 Å². The maximum Gasteiger partial charge on any atom is 0.265 e. The van der Waals surface area contributed by atoms with Gasteiger partial charge >= 0.3 is 0 Å². The second kappa shape index (κ2) is 14.6. The molecule has 0 fully saturated rings. The highest BCUT2D eigenvalue weighted by Crippen LogP contribution is 2.29. The van der Waals surface area contributed by atoms with E-state index in [9.17, 15) is 0 Å². The molecule has 0 amide bonds. The zero-order valence-electron chi connectivity index (χ0n) is 23.0. The summed E-state index contributed by atoms with van der Waals surface area (Å²) in [5, 5.41) is 16.6. The van der Waals surface area contributed by atoms with Crippen molar-refractivity contribution in [1.82, 2.24) is 14.9 Å². The average Bonchev–Trinajstić information content (AvgIpc) is 3.35. The number of methoxy groups -OCH3 is 2. The van der Waals surface area contributed by atoms with Crippen LogP contribution in [0.25, 0.3) is 0 Å². The van der Waals surface area contributed by atoms with E-state index in [1.165, 1.54) is 11.0 Å². The molecule has 0 aliphatic rings. The van der Waals surface area contributed by atoms with Gasteiger partial charge in [-0.3, -0.25) is 0 Å². The summed E-state index contributed by atoms with van der Waals surface area (Å²) in [4.78, 5) is 0. The Morgan fingerprint density at radius 1 is 0.816 bits per heavy atom. The van der Waals surface area contributed by atoms with E-state index in [1.807, 2.05) is 36.4 Å². The lowest BCUT2D eigenvalue weighted by Gasteiger charge is -2.12. The molecular weight excluding hydrogens is 484 g/mol. The molecule has 38 heavy (non-hydrogen) atoms. The van der Waals surface area contributed by atoms with E-state index in [2.05, 4.69) is 53.5 Å². The van der Waals surface area contributed by atoms with Crippen molar-refractivity contribution in [3.05, 3.63) is 53.9 Å². The molecule has 1 aromatic heterocycles. The number of rotatable bonds is 15. The molecule has 10 nitrogen and oxygen atoms in total. The van der Waals surface area contributed by atoms with Crippen LogP contribution in [0.1, 0.15) is 51.7 Å². The lowest BCUT2D eigenvalue weighted by atomic mass is 10.1. The number of hydrogen-bond acceptors (Lipinski definition) is 9. The zero-order chi connectivity index (χ0) is 27.3. The maximum absolute atomic E-state index is 5.86. The van der Waals surface area contributed by atoms with Crippen molar-refractivity contribution in [2.75, 3.05) is 32.9 Å². The van der Waals surface area contributed by atoms with Gasteiger partial charge in [0.15, 0.2) is 23.0 Å². The molecule has 3 rings (SSSR count). The van der Waals surface area contributed by atoms with E-state index in [4.69, 9.17) is 18.9 Å². The first-order valence-corrected chi connectivity index (χ1v) is 12.7. The third-order valence-corrected chi connectivity index (χ3v) is 5.52. The monoisotopic (exact) mass is 522 g/mol. The Labute approximate surface area is 224 Å². The van der Waals surface area contributed by atoms with Gasteiger partial charge in [-0.05, 0) is 72.2 Å². The number of aromatic nitrogens is 3. The molecule has 10 heteroatoms. The Morgan fingerprint density at radius 3 is 1.89 bits per heavy atom. The van der Waals surface area contributed by atoms with Crippen molar-refractivity contribution in [2.45, 2.75) is 40.5 Å². The molecule has 0 atom stereocenters. The van der Waals surface area contributed by atoms with Crippen LogP contribution in [-0.2, 0) is 0 Å². The van der Waals surface area contributed by atoms with Gasteiger partial charge in [0.05, 0.1) is 39.9 Å². The van der Waals surface area contributed by atoms with Gasteiger partial charge in [-0.1, -0.05) is 27.7 Å². The molecule has 0 aliphatic heterocycles. The molecule has 0 bridgehead atoms. The number of anilines is 1. The zero-order valence-corrected chi connectivity index (χ0v) is 23.0. The molecule has 1 heterocycles. The highest BCUT2D eigenvalue weighted by atomic mass is 16.5. The Morgan fingerprint density at radius 2 is 1.37 bits per heavy atom. The Kier molecular flexibility index (Phi) is 11.0. The number of hydrogen-bond donors (Lipinski definition) is 1. The lowest BCUT2D eigenvalue weighted by molar-refractivity contribution is 0.273. The first kappa shape index (κ1) is 28.5. The van der Waals surface area contributed by atoms with Crippen LogP contribution in [0.2, 0.25) is 0 Å². The number of ether oxygens (including phenoxy) is 4. The molecule has 0 saturated heterocycles. The molecular formula is C28H38N6O4. The predicted octanol–water partition coefficient (Wildman–Crippen LogP) is 5.47. The number of hydrazone groups is 1. The van der Waals surface area contributed by atoms with Crippen molar-refractivity contribution in [3.8, 4) is 23.0 Å². The molecule has 204 valence electrons. The largest absolute Gasteiger partial charge is 0.493 e. The summed E-state index contributed by atoms with van der Waals surface area (Å²) in [6.45, 7) is 9.94. The summed E-state index contributed by atoms with van der Waals surface area (Å²) in [6.07, 6.45) is 6.78. The summed E-state index contributed by atoms with van der Waals surface area (Å²) in [7, 11) is 3.24. The molecule has 0 radical (unpaired) electrons. The Bertz CT molecular complexity index is 1210.